The summed E-state index contributed by atoms with van der Waals surface area (Å²) in [6, 6.07) is 3.59. The maximum atomic E-state index is 11.9. The molecule has 0 amide bonds. The van der Waals surface area contributed by atoms with Crippen molar-refractivity contribution >= 4 is 10.7 Å². The van der Waals surface area contributed by atoms with E-state index < -0.39 is 16.1 Å². The zero-order valence-electron chi connectivity index (χ0n) is 14.2. The van der Waals surface area contributed by atoms with Crippen LogP contribution >= 0.6 is 0 Å². The first-order chi connectivity index (χ1) is 12.7. The molecule has 0 aromatic carbocycles. The van der Waals surface area contributed by atoms with Gasteiger partial charge >= 0.3 is 0 Å². The van der Waals surface area contributed by atoms with Crippen molar-refractivity contribution in [2.45, 2.75) is 24.4 Å². The summed E-state index contributed by atoms with van der Waals surface area (Å²) < 4.78 is 34.3. The number of hydrogen-bond acceptors (Lipinski definition) is 8. The highest BCUT2D eigenvalue weighted by Gasteiger charge is 2.36. The first kappa shape index (κ1) is 17.2. The molecule has 2 atom stereocenters. The first-order valence-electron chi connectivity index (χ1n) is 8.59. The Bertz CT molecular complexity index is 751. The van der Waals surface area contributed by atoms with E-state index in [1.165, 1.54) is 0 Å². The molecule has 4 rings (SSSR count). The van der Waals surface area contributed by atoms with Crippen LogP contribution in [0.5, 0.6) is 0 Å². The maximum Gasteiger partial charge on any atom is 0.234 e. The molecule has 1 aromatic rings. The summed E-state index contributed by atoms with van der Waals surface area (Å²) >= 11 is 0. The Labute approximate surface area is 154 Å². The van der Waals surface area contributed by atoms with Gasteiger partial charge in [0.2, 0.25) is 12.7 Å². The molecule has 0 aliphatic carbocycles. The minimum absolute atomic E-state index is 0.0444. The van der Waals surface area contributed by atoms with Gasteiger partial charge in [0.1, 0.15) is 17.8 Å². The predicted octanol–water partition coefficient (Wildman–Crippen LogP) is 0.712. The number of piperidine rings is 1. The van der Waals surface area contributed by atoms with Crippen molar-refractivity contribution in [3.8, 4) is 0 Å². The lowest BCUT2D eigenvalue weighted by Gasteiger charge is -2.39. The van der Waals surface area contributed by atoms with Gasteiger partial charge in [0, 0.05) is 43.2 Å². The van der Waals surface area contributed by atoms with Crippen molar-refractivity contribution in [1.29, 1.82) is 0 Å². The van der Waals surface area contributed by atoms with Gasteiger partial charge < -0.3 is 14.8 Å². The van der Waals surface area contributed by atoms with Crippen LogP contribution in [-0.4, -0.2) is 49.2 Å². The van der Waals surface area contributed by atoms with Crippen LogP contribution in [0.3, 0.4) is 0 Å². The number of thiol groups is 1. The molecule has 1 aromatic heterocycles. The second-order valence-electron chi connectivity index (χ2n) is 6.47. The van der Waals surface area contributed by atoms with Crippen molar-refractivity contribution in [3.05, 3.63) is 54.6 Å². The number of nitrogens with one attached hydrogen (secondary N) is 1. The van der Waals surface area contributed by atoms with Crippen LogP contribution in [0.2, 0.25) is 0 Å². The topological polar surface area (TPSA) is 84.0 Å². The van der Waals surface area contributed by atoms with Crippen molar-refractivity contribution in [3.63, 3.8) is 0 Å². The van der Waals surface area contributed by atoms with Crippen LogP contribution in [0.25, 0.3) is 0 Å². The zero-order valence-corrected chi connectivity index (χ0v) is 15.0. The summed E-state index contributed by atoms with van der Waals surface area (Å²) in [6.45, 7) is 1.64. The van der Waals surface area contributed by atoms with E-state index in [4.69, 9.17) is 9.47 Å². The molecular formula is C17H21N4O4S. The van der Waals surface area contributed by atoms with Crippen LogP contribution in [0.15, 0.2) is 42.9 Å². The lowest BCUT2D eigenvalue weighted by atomic mass is 9.93. The van der Waals surface area contributed by atoms with Crippen LogP contribution < -0.4 is 5.32 Å². The van der Waals surface area contributed by atoms with Crippen molar-refractivity contribution in [2.24, 2.45) is 5.92 Å². The lowest BCUT2D eigenvalue weighted by Crippen LogP contribution is -2.47. The molecule has 4 heterocycles. The molecule has 9 heteroatoms. The Balaban J connectivity index is 1.42. The second-order valence-corrected chi connectivity index (χ2v) is 7.53. The second kappa shape index (κ2) is 7.55. The average molecular weight is 377 g/mol. The number of hydrogen-bond donors (Lipinski definition) is 2. The molecule has 1 fully saturated rings. The molecule has 3 aliphatic rings. The molecule has 8 nitrogen and oxygen atoms in total. The Kier molecular flexibility index (Phi) is 4.98. The van der Waals surface area contributed by atoms with E-state index in [9.17, 15) is 8.42 Å². The molecule has 1 radical (unpaired) electrons. The summed E-state index contributed by atoms with van der Waals surface area (Å²) in [7, 11) is -2.61. The largest absolute Gasteiger partial charge is 0.459 e. The smallest absolute Gasteiger partial charge is 0.234 e. The Morgan fingerprint density at radius 1 is 1.35 bits per heavy atom. The summed E-state index contributed by atoms with van der Waals surface area (Å²) in [6.07, 6.45) is 11.5. The highest BCUT2D eigenvalue weighted by atomic mass is 32.2. The van der Waals surface area contributed by atoms with E-state index in [2.05, 4.69) is 16.5 Å². The van der Waals surface area contributed by atoms with E-state index in [0.717, 1.165) is 18.4 Å². The molecule has 3 aliphatic heterocycles. The monoisotopic (exact) mass is 377 g/mol. The number of ether oxygens (including phenoxy) is 2. The molecule has 26 heavy (non-hydrogen) atoms. The van der Waals surface area contributed by atoms with Crippen LogP contribution in [0, 0.1) is 12.1 Å². The van der Waals surface area contributed by atoms with E-state index in [1.807, 2.05) is 22.1 Å². The van der Waals surface area contributed by atoms with Gasteiger partial charge in [-0.3, -0.25) is 14.8 Å². The van der Waals surface area contributed by atoms with Gasteiger partial charge in [-0.15, -0.1) is 0 Å². The van der Waals surface area contributed by atoms with Gasteiger partial charge in [-0.2, -0.15) is 0 Å². The molecule has 2 unspecified atom stereocenters. The number of nitrogens with zero attached hydrogens (tertiary/aromatic N) is 3. The van der Waals surface area contributed by atoms with Gasteiger partial charge in [0.15, 0.2) is 10.7 Å². The third kappa shape index (κ3) is 3.36. The van der Waals surface area contributed by atoms with E-state index in [0.29, 0.717) is 24.9 Å². The minimum Gasteiger partial charge on any atom is -0.459 e. The van der Waals surface area contributed by atoms with Gasteiger partial charge in [-0.1, -0.05) is 6.07 Å². The quantitative estimate of drug-likeness (QED) is 0.726. The summed E-state index contributed by atoms with van der Waals surface area (Å²) in [5.41, 5.74) is 0.722. The van der Waals surface area contributed by atoms with E-state index in [-0.39, 0.29) is 13.0 Å². The summed E-state index contributed by atoms with van der Waals surface area (Å²) in [5.74, 6) is 1.02. The van der Waals surface area contributed by atoms with Crippen molar-refractivity contribution in [2.75, 3.05) is 19.9 Å². The molecule has 1 saturated heterocycles. The highest BCUT2D eigenvalue weighted by molar-refractivity contribution is 7.72. The normalized spacial score (nSPS) is 24.9. The SMILES string of the molecule is O=[SH](=O)C(c1cccnc1)N1CCC(C2N[C]=CN2C2=COCO2)CC1. The average Bonchev–Trinajstić information content (AvgIpc) is 3.34. The Hall–Kier alpha value is -2.26. The fourth-order valence-electron chi connectivity index (χ4n) is 3.73. The Morgan fingerprint density at radius 3 is 2.85 bits per heavy atom. The van der Waals surface area contributed by atoms with Gasteiger partial charge in [0.05, 0.1) is 6.20 Å². The third-order valence-corrected chi connectivity index (χ3v) is 6.02. The third-order valence-electron chi connectivity index (χ3n) is 5.00. The summed E-state index contributed by atoms with van der Waals surface area (Å²) in [4.78, 5) is 8.06. The lowest BCUT2D eigenvalue weighted by molar-refractivity contribution is 0.0368. The molecular weight excluding hydrogens is 356 g/mol. The van der Waals surface area contributed by atoms with Crippen molar-refractivity contribution in [1.82, 2.24) is 20.1 Å². The molecule has 0 saturated carbocycles. The molecule has 1 N–H and O–H groups in total. The van der Waals surface area contributed by atoms with Crippen LogP contribution in [0.1, 0.15) is 23.8 Å². The number of pyridine rings is 1. The standard InChI is InChI=1S/C17H21N4O4S/c22-26(23)17(14-2-1-5-18-10-14)20-7-3-13(4-8-20)16-19-6-9-21(16)15-11-24-12-25-15/h1-2,5,9-11,13,16-17,19,26H,3-4,7-8,12H2. The number of aromatic nitrogens is 1. The fourth-order valence-corrected chi connectivity index (χ4v) is 4.62. The molecule has 139 valence electrons. The molecule has 0 bridgehead atoms. The van der Waals surface area contributed by atoms with Gasteiger partial charge in [-0.25, -0.2) is 8.42 Å². The van der Waals surface area contributed by atoms with Crippen LogP contribution in [0.4, 0.5) is 0 Å². The molecule has 0 spiro atoms. The maximum absolute atomic E-state index is 11.9. The van der Waals surface area contributed by atoms with Gasteiger partial charge in [0.25, 0.3) is 0 Å². The predicted molar refractivity (Wildman–Crippen MR) is 93.3 cm³/mol. The zero-order chi connectivity index (χ0) is 17.9. The van der Waals surface area contributed by atoms with Crippen molar-refractivity contribution < 1.29 is 17.9 Å². The van der Waals surface area contributed by atoms with E-state index >= 15 is 0 Å². The Morgan fingerprint density at radius 2 is 2.19 bits per heavy atom. The number of rotatable bonds is 5. The minimum atomic E-state index is -2.61. The van der Waals surface area contributed by atoms with E-state index in [1.54, 1.807) is 24.7 Å². The van der Waals surface area contributed by atoms with Crippen LogP contribution in [-0.2, 0) is 20.2 Å². The van der Waals surface area contributed by atoms with Gasteiger partial charge in [-0.05, 0) is 18.9 Å². The first-order valence-corrected chi connectivity index (χ1v) is 9.83. The highest BCUT2D eigenvalue weighted by Crippen LogP contribution is 2.32. The summed E-state index contributed by atoms with van der Waals surface area (Å²) in [5, 5.41) is 2.63. The number of likely N-dealkylation sites (tertiary alicyclic amines) is 1. The fraction of sp³-hybridized carbons (Fsp3) is 0.471.